The van der Waals surface area contributed by atoms with Gasteiger partial charge in [-0.15, -0.1) is 0 Å². The number of nitrogens with zero attached hydrogens (tertiary/aromatic N) is 2. The summed E-state index contributed by atoms with van der Waals surface area (Å²) in [6.07, 6.45) is 1.46. The van der Waals surface area contributed by atoms with Crippen LogP contribution in [0.5, 0.6) is 17.2 Å². The molecule has 0 spiro atoms. The smallest absolute Gasteiger partial charge is 0.289 e. The van der Waals surface area contributed by atoms with Gasteiger partial charge in [0.05, 0.1) is 25.6 Å². The predicted octanol–water partition coefficient (Wildman–Crippen LogP) is 3.26. The molecule has 1 heterocycles. The molecule has 3 rings (SSSR count). The number of ether oxygens (including phenoxy) is 2. The Bertz CT molecular complexity index is 1030. The van der Waals surface area contributed by atoms with Crippen molar-refractivity contribution in [2.24, 2.45) is 5.10 Å². The van der Waals surface area contributed by atoms with Crippen molar-refractivity contribution in [2.45, 2.75) is 13.8 Å². The third kappa shape index (κ3) is 4.55. The van der Waals surface area contributed by atoms with Gasteiger partial charge in [0.25, 0.3) is 5.91 Å². The Balaban J connectivity index is 1.70. The van der Waals surface area contributed by atoms with E-state index in [-0.39, 0.29) is 5.75 Å². The van der Waals surface area contributed by atoms with Crippen LogP contribution in [0.3, 0.4) is 0 Å². The van der Waals surface area contributed by atoms with Crippen LogP contribution in [-0.2, 0) is 0 Å². The molecule has 8 heteroatoms. The summed E-state index contributed by atoms with van der Waals surface area (Å²) in [5.41, 5.74) is 5.74. The van der Waals surface area contributed by atoms with Crippen LogP contribution in [0.1, 0.15) is 28.5 Å². The fourth-order valence-corrected chi connectivity index (χ4v) is 2.77. The first-order chi connectivity index (χ1) is 14.0. The lowest BCUT2D eigenvalue weighted by Gasteiger charge is -2.04. The van der Waals surface area contributed by atoms with E-state index in [0.29, 0.717) is 34.9 Å². The van der Waals surface area contributed by atoms with Crippen molar-refractivity contribution in [1.82, 2.24) is 15.6 Å². The number of nitrogens with one attached hydrogen (secondary N) is 2. The van der Waals surface area contributed by atoms with E-state index in [1.54, 1.807) is 12.1 Å². The summed E-state index contributed by atoms with van der Waals surface area (Å²) < 4.78 is 10.5. The monoisotopic (exact) mass is 394 g/mol. The maximum absolute atomic E-state index is 12.4. The molecule has 2 aromatic carbocycles. The van der Waals surface area contributed by atoms with Crippen molar-refractivity contribution in [3.8, 4) is 28.5 Å². The van der Waals surface area contributed by atoms with E-state index in [1.165, 1.54) is 19.4 Å². The normalized spacial score (nSPS) is 10.9. The van der Waals surface area contributed by atoms with E-state index in [9.17, 15) is 9.90 Å². The van der Waals surface area contributed by atoms with Gasteiger partial charge in [0, 0.05) is 11.1 Å². The molecule has 150 valence electrons. The zero-order valence-corrected chi connectivity index (χ0v) is 16.4. The lowest BCUT2D eigenvalue weighted by atomic mass is 10.1. The second-order valence-corrected chi connectivity index (χ2v) is 6.16. The lowest BCUT2D eigenvalue weighted by Crippen LogP contribution is -2.19. The number of aromatic amines is 1. The van der Waals surface area contributed by atoms with Gasteiger partial charge in [-0.3, -0.25) is 9.89 Å². The van der Waals surface area contributed by atoms with Gasteiger partial charge in [-0.2, -0.15) is 10.2 Å². The maximum Gasteiger partial charge on any atom is 0.289 e. The van der Waals surface area contributed by atoms with Crippen LogP contribution in [0, 0.1) is 6.92 Å². The molecule has 0 atom stereocenters. The van der Waals surface area contributed by atoms with Gasteiger partial charge in [-0.1, -0.05) is 0 Å². The predicted molar refractivity (Wildman–Crippen MR) is 110 cm³/mol. The van der Waals surface area contributed by atoms with Gasteiger partial charge >= 0.3 is 0 Å². The number of hydrogen-bond donors (Lipinski definition) is 3. The molecular weight excluding hydrogens is 372 g/mol. The lowest BCUT2D eigenvalue weighted by molar-refractivity contribution is 0.0949. The summed E-state index contributed by atoms with van der Waals surface area (Å²) in [7, 11) is 1.46. The Labute approximate surface area is 168 Å². The van der Waals surface area contributed by atoms with Crippen molar-refractivity contribution in [3.63, 3.8) is 0 Å². The molecule has 0 saturated heterocycles. The number of amides is 1. The first kappa shape index (κ1) is 19.9. The first-order valence-electron chi connectivity index (χ1n) is 9.02. The van der Waals surface area contributed by atoms with Gasteiger partial charge in [-0.25, -0.2) is 5.43 Å². The van der Waals surface area contributed by atoms with Crippen LogP contribution in [-0.4, -0.2) is 41.1 Å². The molecule has 0 aliphatic carbocycles. The van der Waals surface area contributed by atoms with E-state index in [0.717, 1.165) is 11.3 Å². The van der Waals surface area contributed by atoms with E-state index < -0.39 is 5.91 Å². The van der Waals surface area contributed by atoms with Crippen molar-refractivity contribution >= 4 is 12.1 Å². The molecule has 0 aliphatic rings. The summed E-state index contributed by atoms with van der Waals surface area (Å²) in [6.45, 7) is 4.35. The number of H-pyrrole nitrogens is 1. The molecule has 0 fully saturated rings. The highest BCUT2D eigenvalue weighted by molar-refractivity contribution is 5.96. The highest BCUT2D eigenvalue weighted by Gasteiger charge is 2.16. The fourth-order valence-electron chi connectivity index (χ4n) is 2.77. The Morgan fingerprint density at radius 1 is 1.28 bits per heavy atom. The van der Waals surface area contributed by atoms with E-state index >= 15 is 0 Å². The summed E-state index contributed by atoms with van der Waals surface area (Å²) in [5, 5.41) is 20.6. The minimum Gasteiger partial charge on any atom is -0.504 e. The average Bonchev–Trinajstić information content (AvgIpc) is 3.11. The van der Waals surface area contributed by atoms with Crippen LogP contribution in [0.15, 0.2) is 47.6 Å². The maximum atomic E-state index is 12.4. The van der Waals surface area contributed by atoms with Gasteiger partial charge in [0.15, 0.2) is 11.5 Å². The van der Waals surface area contributed by atoms with Crippen LogP contribution < -0.4 is 14.9 Å². The number of carbonyl (C=O) groups excluding carboxylic acids is 1. The van der Waals surface area contributed by atoms with Crippen molar-refractivity contribution < 1.29 is 19.4 Å². The van der Waals surface area contributed by atoms with Crippen LogP contribution in [0.2, 0.25) is 0 Å². The first-order valence-corrected chi connectivity index (χ1v) is 9.02. The molecule has 3 N–H and O–H groups in total. The molecular formula is C21H22N4O4. The minimum atomic E-state index is -0.408. The largest absolute Gasteiger partial charge is 0.504 e. The number of aromatic hydroxyl groups is 1. The number of hydrogen-bond acceptors (Lipinski definition) is 6. The zero-order valence-electron chi connectivity index (χ0n) is 16.4. The van der Waals surface area contributed by atoms with Gasteiger partial charge in [0.1, 0.15) is 11.4 Å². The molecule has 1 aromatic heterocycles. The van der Waals surface area contributed by atoms with E-state index in [1.807, 2.05) is 38.1 Å². The summed E-state index contributed by atoms with van der Waals surface area (Å²) in [4.78, 5) is 12.4. The number of hydrazone groups is 1. The fraction of sp³-hybridized carbons (Fsp3) is 0.190. The second kappa shape index (κ2) is 8.92. The molecule has 0 unspecified atom stereocenters. The Kier molecular flexibility index (Phi) is 6.13. The molecule has 0 aliphatic heterocycles. The molecule has 3 aromatic rings. The number of rotatable bonds is 7. The quantitative estimate of drug-likeness (QED) is 0.421. The number of benzene rings is 2. The number of phenolic OH excluding ortho intramolecular Hbond substituents is 1. The van der Waals surface area contributed by atoms with Crippen molar-refractivity contribution in [2.75, 3.05) is 13.7 Å². The van der Waals surface area contributed by atoms with Crippen molar-refractivity contribution in [1.29, 1.82) is 0 Å². The third-order valence-electron chi connectivity index (χ3n) is 4.26. The zero-order chi connectivity index (χ0) is 20.8. The highest BCUT2D eigenvalue weighted by atomic mass is 16.5. The summed E-state index contributed by atoms with van der Waals surface area (Å²) in [6, 6.07) is 12.3. The second-order valence-electron chi connectivity index (χ2n) is 6.16. The number of aromatic nitrogens is 2. The molecule has 1 amide bonds. The highest BCUT2D eigenvalue weighted by Crippen LogP contribution is 2.26. The summed E-state index contributed by atoms with van der Waals surface area (Å²) in [5.74, 6) is 0.727. The average molecular weight is 394 g/mol. The Morgan fingerprint density at radius 2 is 2.03 bits per heavy atom. The molecule has 0 radical (unpaired) electrons. The topological polar surface area (TPSA) is 109 Å². The number of methoxy groups -OCH3 is 1. The van der Waals surface area contributed by atoms with Crippen LogP contribution in [0.4, 0.5) is 0 Å². The Hall–Kier alpha value is -3.81. The van der Waals surface area contributed by atoms with E-state index in [4.69, 9.17) is 9.47 Å². The van der Waals surface area contributed by atoms with Crippen LogP contribution in [0.25, 0.3) is 11.3 Å². The molecule has 0 saturated carbocycles. The SMILES string of the molecule is CCOc1ccc(-c2n[nH]c(C(=O)N/N=C\c3ccc(O)c(OC)c3)c2C)cc1. The minimum absolute atomic E-state index is 0.0311. The third-order valence-corrected chi connectivity index (χ3v) is 4.26. The van der Waals surface area contributed by atoms with E-state index in [2.05, 4.69) is 20.7 Å². The number of phenols is 1. The molecule has 0 bridgehead atoms. The van der Waals surface area contributed by atoms with Crippen LogP contribution >= 0.6 is 0 Å². The summed E-state index contributed by atoms with van der Waals surface area (Å²) >= 11 is 0. The molecule has 8 nitrogen and oxygen atoms in total. The Morgan fingerprint density at radius 3 is 2.72 bits per heavy atom. The van der Waals surface area contributed by atoms with Gasteiger partial charge in [-0.05, 0) is 61.9 Å². The van der Waals surface area contributed by atoms with Crippen molar-refractivity contribution in [3.05, 3.63) is 59.3 Å². The van der Waals surface area contributed by atoms with Gasteiger partial charge < -0.3 is 14.6 Å². The molecule has 29 heavy (non-hydrogen) atoms. The van der Waals surface area contributed by atoms with Gasteiger partial charge in [0.2, 0.25) is 0 Å². The number of carbonyl (C=O) groups is 1. The standard InChI is InChI=1S/C21H22N4O4/c1-4-29-16-8-6-15(7-9-16)19-13(2)20(24-23-19)21(27)25-22-12-14-5-10-17(26)18(11-14)28-3/h5-12,26H,4H2,1-3H3,(H,23,24)(H,25,27)/b22-12-.